The molecule has 1 atom stereocenters. The van der Waals surface area contributed by atoms with E-state index in [1.165, 1.54) is 225 Å². The largest absolute Gasteiger partial charge is 0.462 e. The Morgan fingerprint density at radius 1 is 0.288 bits per heavy atom. The predicted molar refractivity (Wildman–Crippen MR) is 284 cm³/mol. The lowest BCUT2D eigenvalue weighted by atomic mass is 10.0. The van der Waals surface area contributed by atoms with Gasteiger partial charge in [-0.25, -0.2) is 0 Å². The molecule has 0 saturated heterocycles. The standard InChI is InChI=1S/C60H116O6/c1-6-7-8-9-10-11-12-13-14-15-16-19-25-30-35-40-45-50-58(61)64-53-57(66-60(63)52-47-42-37-32-27-22-21-24-29-34-39-44-49-56(4)5)54-65-59(62)51-46-41-36-31-26-20-17-18-23-28-33-38-43-48-55(2)3/h55-57H,6-54H2,1-5H3/t57-/m1/s1. The Balaban J connectivity index is 4.30. The molecule has 0 aliphatic heterocycles. The molecule has 0 aromatic heterocycles. The van der Waals surface area contributed by atoms with Gasteiger partial charge in [0.05, 0.1) is 0 Å². The summed E-state index contributed by atoms with van der Waals surface area (Å²) >= 11 is 0. The SMILES string of the molecule is CCCCCCCCCCCCCCCCCCCC(=O)OC[C@H](COC(=O)CCCCCCCCCCCCCCCC(C)C)OC(=O)CCCCCCCCCCCCCCC(C)C. The molecule has 0 bridgehead atoms. The van der Waals surface area contributed by atoms with Gasteiger partial charge in [0.2, 0.25) is 0 Å². The molecule has 0 spiro atoms. The summed E-state index contributed by atoms with van der Waals surface area (Å²) in [7, 11) is 0. The zero-order valence-corrected chi connectivity index (χ0v) is 45.3. The number of unbranched alkanes of at least 4 members (excludes halogenated alkanes) is 39. The molecule has 0 heterocycles. The number of carbonyl (C=O) groups is 3. The van der Waals surface area contributed by atoms with Crippen LogP contribution >= 0.6 is 0 Å². The van der Waals surface area contributed by atoms with Crippen LogP contribution < -0.4 is 0 Å². The van der Waals surface area contributed by atoms with Gasteiger partial charge < -0.3 is 14.2 Å². The zero-order valence-electron chi connectivity index (χ0n) is 45.3. The molecular formula is C60H116O6. The highest BCUT2D eigenvalue weighted by atomic mass is 16.6. The maximum Gasteiger partial charge on any atom is 0.306 e. The lowest BCUT2D eigenvalue weighted by Gasteiger charge is -2.18. The van der Waals surface area contributed by atoms with E-state index in [1.54, 1.807) is 0 Å². The molecule has 0 fully saturated rings. The van der Waals surface area contributed by atoms with Crippen molar-refractivity contribution >= 4 is 17.9 Å². The molecule has 0 N–H and O–H groups in total. The van der Waals surface area contributed by atoms with Crippen molar-refractivity contribution in [1.29, 1.82) is 0 Å². The van der Waals surface area contributed by atoms with E-state index in [1.807, 2.05) is 0 Å². The highest BCUT2D eigenvalue weighted by Crippen LogP contribution is 2.18. The van der Waals surface area contributed by atoms with E-state index in [9.17, 15) is 14.4 Å². The van der Waals surface area contributed by atoms with E-state index < -0.39 is 6.10 Å². The molecule has 6 heteroatoms. The zero-order chi connectivity index (χ0) is 48.2. The van der Waals surface area contributed by atoms with Crippen molar-refractivity contribution in [3.05, 3.63) is 0 Å². The molecule has 0 aliphatic rings. The quantitative estimate of drug-likeness (QED) is 0.0343. The van der Waals surface area contributed by atoms with Crippen LogP contribution in [0.15, 0.2) is 0 Å². The second-order valence-corrected chi connectivity index (χ2v) is 21.6. The van der Waals surface area contributed by atoms with E-state index in [4.69, 9.17) is 14.2 Å². The molecule has 0 radical (unpaired) electrons. The van der Waals surface area contributed by atoms with Crippen molar-refractivity contribution in [3.63, 3.8) is 0 Å². The molecule has 0 saturated carbocycles. The Morgan fingerprint density at radius 2 is 0.500 bits per heavy atom. The van der Waals surface area contributed by atoms with Gasteiger partial charge in [-0.2, -0.15) is 0 Å². The molecule has 0 unspecified atom stereocenters. The molecule has 0 aliphatic carbocycles. The van der Waals surface area contributed by atoms with Crippen molar-refractivity contribution in [3.8, 4) is 0 Å². The van der Waals surface area contributed by atoms with Crippen LogP contribution in [0.25, 0.3) is 0 Å². The first kappa shape index (κ1) is 64.4. The average molecular weight is 934 g/mol. The minimum Gasteiger partial charge on any atom is -0.462 e. The van der Waals surface area contributed by atoms with Gasteiger partial charge in [0, 0.05) is 19.3 Å². The van der Waals surface area contributed by atoms with Crippen LogP contribution in [0.3, 0.4) is 0 Å². The van der Waals surface area contributed by atoms with Crippen LogP contribution in [0.2, 0.25) is 0 Å². The van der Waals surface area contributed by atoms with Gasteiger partial charge in [0.25, 0.3) is 0 Å². The summed E-state index contributed by atoms with van der Waals surface area (Å²) in [5.41, 5.74) is 0. The third-order valence-electron chi connectivity index (χ3n) is 13.7. The Kier molecular flexibility index (Phi) is 51.5. The second-order valence-electron chi connectivity index (χ2n) is 21.6. The van der Waals surface area contributed by atoms with E-state index in [0.29, 0.717) is 19.3 Å². The number of carbonyl (C=O) groups excluding carboxylic acids is 3. The number of hydrogen-bond acceptors (Lipinski definition) is 6. The molecule has 0 rings (SSSR count). The van der Waals surface area contributed by atoms with Crippen LogP contribution in [-0.4, -0.2) is 37.2 Å². The van der Waals surface area contributed by atoms with Gasteiger partial charge in [-0.3, -0.25) is 14.4 Å². The molecule has 66 heavy (non-hydrogen) atoms. The fraction of sp³-hybridized carbons (Fsp3) is 0.950. The van der Waals surface area contributed by atoms with Gasteiger partial charge in [-0.1, -0.05) is 298 Å². The van der Waals surface area contributed by atoms with Crippen LogP contribution in [-0.2, 0) is 28.6 Å². The average Bonchev–Trinajstić information content (AvgIpc) is 3.29. The Bertz CT molecular complexity index is 1010. The number of hydrogen-bond donors (Lipinski definition) is 0. The fourth-order valence-corrected chi connectivity index (χ4v) is 9.23. The van der Waals surface area contributed by atoms with Gasteiger partial charge in [-0.05, 0) is 31.1 Å². The van der Waals surface area contributed by atoms with Crippen molar-refractivity contribution in [2.75, 3.05) is 13.2 Å². The van der Waals surface area contributed by atoms with Gasteiger partial charge in [0.1, 0.15) is 13.2 Å². The first-order valence-corrected chi connectivity index (χ1v) is 29.7. The van der Waals surface area contributed by atoms with E-state index in [2.05, 4.69) is 34.6 Å². The predicted octanol–water partition coefficient (Wildman–Crippen LogP) is 19.7. The maximum atomic E-state index is 12.9. The minimum atomic E-state index is -0.763. The Hall–Kier alpha value is -1.59. The van der Waals surface area contributed by atoms with Crippen molar-refractivity contribution < 1.29 is 28.6 Å². The summed E-state index contributed by atoms with van der Waals surface area (Å²) in [6, 6.07) is 0. The van der Waals surface area contributed by atoms with Crippen LogP contribution in [0.4, 0.5) is 0 Å². The van der Waals surface area contributed by atoms with Crippen molar-refractivity contribution in [2.24, 2.45) is 11.8 Å². The molecule has 0 aromatic rings. The van der Waals surface area contributed by atoms with Gasteiger partial charge in [-0.15, -0.1) is 0 Å². The second kappa shape index (κ2) is 52.8. The fourth-order valence-electron chi connectivity index (χ4n) is 9.23. The maximum absolute atomic E-state index is 12.9. The number of ether oxygens (including phenoxy) is 3. The minimum absolute atomic E-state index is 0.0624. The smallest absolute Gasteiger partial charge is 0.306 e. The lowest BCUT2D eigenvalue weighted by molar-refractivity contribution is -0.167. The lowest BCUT2D eigenvalue weighted by Crippen LogP contribution is -2.30. The molecule has 0 amide bonds. The van der Waals surface area contributed by atoms with Gasteiger partial charge >= 0.3 is 17.9 Å². The van der Waals surface area contributed by atoms with E-state index >= 15 is 0 Å². The molecule has 0 aromatic carbocycles. The summed E-state index contributed by atoms with van der Waals surface area (Å²) in [5.74, 6) is 0.835. The van der Waals surface area contributed by atoms with Crippen molar-refractivity contribution in [1.82, 2.24) is 0 Å². The summed E-state index contributed by atoms with van der Waals surface area (Å²) in [4.78, 5) is 38.2. The first-order chi connectivity index (χ1) is 32.2. The van der Waals surface area contributed by atoms with E-state index in [0.717, 1.165) is 69.6 Å². The Labute approximate surface area is 412 Å². The summed E-state index contributed by atoms with van der Waals surface area (Å²) in [5, 5.41) is 0. The first-order valence-electron chi connectivity index (χ1n) is 29.7. The normalized spacial score (nSPS) is 12.0. The van der Waals surface area contributed by atoms with Crippen LogP contribution in [0.5, 0.6) is 0 Å². The van der Waals surface area contributed by atoms with Gasteiger partial charge in [0.15, 0.2) is 6.10 Å². The third kappa shape index (κ3) is 53.4. The molecule has 6 nitrogen and oxygen atoms in total. The summed E-state index contributed by atoms with van der Waals surface area (Å²) in [6.07, 6.45) is 56.6. The van der Waals surface area contributed by atoms with Crippen LogP contribution in [0.1, 0.15) is 336 Å². The third-order valence-corrected chi connectivity index (χ3v) is 13.7. The van der Waals surface area contributed by atoms with Crippen LogP contribution in [0, 0.1) is 11.8 Å². The highest BCUT2D eigenvalue weighted by Gasteiger charge is 2.19. The number of esters is 3. The van der Waals surface area contributed by atoms with E-state index in [-0.39, 0.29) is 31.1 Å². The number of rotatable bonds is 54. The summed E-state index contributed by atoms with van der Waals surface area (Å²) in [6.45, 7) is 11.4. The van der Waals surface area contributed by atoms with Crippen molar-refractivity contribution in [2.45, 2.75) is 343 Å². The monoisotopic (exact) mass is 933 g/mol. The Morgan fingerprint density at radius 3 is 0.742 bits per heavy atom. The molecular weight excluding hydrogens is 817 g/mol. The molecule has 392 valence electrons. The highest BCUT2D eigenvalue weighted by molar-refractivity contribution is 5.71. The summed E-state index contributed by atoms with van der Waals surface area (Å²) < 4.78 is 16.9. The topological polar surface area (TPSA) is 78.9 Å².